The number of allylic oxidation sites excluding steroid dienone is 4. The molecule has 5 aliphatic rings. The van der Waals surface area contributed by atoms with Crippen LogP contribution in [0.4, 0.5) is 5.95 Å². The average molecular weight is 700 g/mol. The number of hydrogen-bond donors (Lipinski definition) is 7. The molecule has 2 aromatic rings. The van der Waals surface area contributed by atoms with Crippen molar-refractivity contribution in [2.45, 2.75) is 89.6 Å². The number of imidazole rings is 1. The lowest BCUT2D eigenvalue weighted by atomic mass is 9.45. The number of hydrogen-bond acceptors (Lipinski definition) is 14. The maximum absolute atomic E-state index is 12.9. The van der Waals surface area contributed by atoms with Crippen LogP contribution in [0.25, 0.3) is 11.2 Å². The Bertz CT molecular complexity index is 1820. The summed E-state index contributed by atoms with van der Waals surface area (Å²) in [6, 6.07) is 0. The van der Waals surface area contributed by atoms with Crippen LogP contribution in [-0.4, -0.2) is 106 Å². The minimum atomic E-state index is -1.61. The van der Waals surface area contributed by atoms with Crippen LogP contribution in [0.2, 0.25) is 0 Å². The van der Waals surface area contributed by atoms with E-state index in [2.05, 4.69) is 28.8 Å². The van der Waals surface area contributed by atoms with Gasteiger partial charge in [0.25, 0.3) is 5.56 Å². The number of Topliss-reactive ketones (excluding diaryl/α,β-unsaturated/α-hetero) is 1. The highest BCUT2D eigenvalue weighted by molar-refractivity contribution is 6.01. The number of aliphatic hydroxyl groups is 5. The van der Waals surface area contributed by atoms with E-state index < -0.39 is 77.6 Å². The maximum atomic E-state index is 12.9. The second kappa shape index (κ2) is 12.8. The molecule has 1 aliphatic heterocycles. The van der Waals surface area contributed by atoms with Crippen molar-refractivity contribution in [3.05, 3.63) is 40.5 Å². The smallest absolute Gasteiger partial charge is 0.303 e. The first-order chi connectivity index (χ1) is 23.5. The highest BCUT2D eigenvalue weighted by atomic mass is 16.6. The number of aliphatic hydroxyl groups excluding tert-OH is 4. The number of ether oxygens (including phenoxy) is 2. The molecular weight excluding hydrogens is 654 g/mol. The van der Waals surface area contributed by atoms with Crippen molar-refractivity contribution in [3.63, 3.8) is 0 Å². The molecule has 0 spiro atoms. The van der Waals surface area contributed by atoms with Crippen molar-refractivity contribution in [2.24, 2.45) is 34.5 Å². The average Bonchev–Trinajstić information content (AvgIpc) is 3.68. The quantitative estimate of drug-likeness (QED) is 0.198. The summed E-state index contributed by atoms with van der Waals surface area (Å²) in [5.41, 5.74) is 3.40. The molecule has 3 heterocycles. The molecule has 16 heteroatoms. The molecule has 8 N–H and O–H groups in total. The number of carbonyl (C=O) groups excluding carboxylic acids is 3. The van der Waals surface area contributed by atoms with Crippen LogP contribution in [0, 0.1) is 34.5 Å². The summed E-state index contributed by atoms with van der Waals surface area (Å²) in [6.07, 6.45) is 3.50. The Hall–Kier alpha value is -3.80. The Morgan fingerprint density at radius 3 is 2.58 bits per heavy atom. The Balaban J connectivity index is 0.000000187. The Morgan fingerprint density at radius 2 is 1.92 bits per heavy atom. The zero-order valence-corrected chi connectivity index (χ0v) is 28.4. The van der Waals surface area contributed by atoms with E-state index in [9.17, 15) is 39.6 Å². The van der Waals surface area contributed by atoms with E-state index in [1.807, 2.05) is 13.0 Å². The lowest BCUT2D eigenvalue weighted by Crippen LogP contribution is -2.62. The van der Waals surface area contributed by atoms with Crippen molar-refractivity contribution in [1.29, 1.82) is 0 Å². The summed E-state index contributed by atoms with van der Waals surface area (Å²) < 4.78 is 11.5. The van der Waals surface area contributed by atoms with Crippen molar-refractivity contribution < 1.29 is 49.4 Å². The first-order valence-corrected chi connectivity index (χ1v) is 16.8. The number of carbonyl (C=O) groups is 3. The van der Waals surface area contributed by atoms with Gasteiger partial charge in [-0.3, -0.25) is 28.7 Å². The summed E-state index contributed by atoms with van der Waals surface area (Å²) in [5, 5.41) is 51.6. The number of aromatic nitrogens is 4. The Morgan fingerprint density at radius 1 is 1.20 bits per heavy atom. The fourth-order valence-electron chi connectivity index (χ4n) is 9.74. The van der Waals surface area contributed by atoms with Crippen LogP contribution in [0.3, 0.4) is 0 Å². The van der Waals surface area contributed by atoms with Gasteiger partial charge in [-0.25, -0.2) is 4.98 Å². The second-order valence-electron chi connectivity index (χ2n) is 14.8. The third kappa shape index (κ3) is 5.52. The molecule has 272 valence electrons. The molecule has 0 bridgehead atoms. The Kier molecular flexibility index (Phi) is 9.19. The van der Waals surface area contributed by atoms with Crippen LogP contribution in [0.5, 0.6) is 0 Å². The van der Waals surface area contributed by atoms with Crippen LogP contribution in [0.15, 0.2) is 34.9 Å². The van der Waals surface area contributed by atoms with E-state index in [0.29, 0.717) is 19.3 Å². The largest absolute Gasteiger partial charge is 0.458 e. The van der Waals surface area contributed by atoms with Gasteiger partial charge in [0.15, 0.2) is 29.8 Å². The van der Waals surface area contributed by atoms with Gasteiger partial charge in [-0.1, -0.05) is 32.4 Å². The molecule has 1 saturated heterocycles. The zero-order chi connectivity index (χ0) is 36.5. The second-order valence-corrected chi connectivity index (χ2v) is 14.8. The summed E-state index contributed by atoms with van der Waals surface area (Å²) >= 11 is 0. The van der Waals surface area contributed by atoms with E-state index in [4.69, 9.17) is 20.3 Å². The standard InChI is InChI=1S/C24H32O6.C10H13N5O5/c1-13-9-16-17-6-8-24(29,20(28)12-30-14(2)25)23(17,4)11-19(27)21(16)22(3)7-5-15(26)10-18(13)22;11-10-13-7-4(8(19)14-10)12-2-15(7)9-6(18)5(17)3(1-16)20-9/h5,7,10,13,16-17,19,21,27,29H,6,8-9,11-12H2,1-4H3;2-3,5-6,9,16-18H,1H2,(H3,11,13,14,19)/t13-,16-,17-,19-,21+,22-,23-,24-;3-,5-,6-,9-/m01/s1. The monoisotopic (exact) mass is 699 g/mol. The van der Waals surface area contributed by atoms with Crippen molar-refractivity contribution >= 4 is 34.6 Å². The fourth-order valence-corrected chi connectivity index (χ4v) is 9.74. The van der Waals surface area contributed by atoms with E-state index >= 15 is 0 Å². The number of aromatic amines is 1. The third-order valence-electron chi connectivity index (χ3n) is 12.1. The molecule has 16 nitrogen and oxygen atoms in total. The van der Waals surface area contributed by atoms with Gasteiger partial charge in [-0.05, 0) is 55.6 Å². The maximum Gasteiger partial charge on any atom is 0.303 e. The highest BCUT2D eigenvalue weighted by Crippen LogP contribution is 2.67. The normalized spacial score (nSPS) is 40.3. The first kappa shape index (κ1) is 36.0. The number of nitrogen functional groups attached to an aromatic ring is 1. The molecular formula is C34H45N5O11. The number of ketones is 2. The van der Waals surface area contributed by atoms with Crippen LogP contribution in [0.1, 0.15) is 59.6 Å². The van der Waals surface area contributed by atoms with Gasteiger partial charge in [0.05, 0.1) is 19.0 Å². The van der Waals surface area contributed by atoms with Gasteiger partial charge in [-0.2, -0.15) is 4.98 Å². The van der Waals surface area contributed by atoms with Crippen molar-refractivity contribution in [3.8, 4) is 0 Å². The van der Waals surface area contributed by atoms with Gasteiger partial charge in [0, 0.05) is 23.7 Å². The summed E-state index contributed by atoms with van der Waals surface area (Å²) in [4.78, 5) is 57.9. The molecule has 3 saturated carbocycles. The minimum Gasteiger partial charge on any atom is -0.458 e. The molecule has 12 atom stereocenters. The van der Waals surface area contributed by atoms with E-state index in [-0.39, 0.29) is 46.6 Å². The minimum absolute atomic E-state index is 0.00535. The molecule has 4 fully saturated rings. The molecule has 0 radical (unpaired) electrons. The number of nitrogens with one attached hydrogen (secondary N) is 1. The molecule has 0 unspecified atom stereocenters. The lowest BCUT2D eigenvalue weighted by Gasteiger charge is -2.60. The van der Waals surface area contributed by atoms with Gasteiger partial charge >= 0.3 is 5.97 Å². The van der Waals surface area contributed by atoms with Crippen LogP contribution >= 0.6 is 0 Å². The predicted molar refractivity (Wildman–Crippen MR) is 175 cm³/mol. The zero-order valence-electron chi connectivity index (χ0n) is 28.4. The fraction of sp³-hybridized carbons (Fsp3) is 0.647. The number of rotatable bonds is 5. The van der Waals surface area contributed by atoms with E-state index in [1.54, 1.807) is 12.2 Å². The number of esters is 1. The molecule has 50 heavy (non-hydrogen) atoms. The number of fused-ring (bicyclic) bond motifs is 6. The molecule has 0 aromatic carbocycles. The number of nitrogens with two attached hydrogens (primary N) is 1. The van der Waals surface area contributed by atoms with E-state index in [0.717, 1.165) is 12.0 Å². The molecule has 4 aliphatic carbocycles. The topological polar surface area (TPSA) is 260 Å². The summed E-state index contributed by atoms with van der Waals surface area (Å²) in [5.74, 6) is -0.813. The first-order valence-electron chi connectivity index (χ1n) is 16.8. The summed E-state index contributed by atoms with van der Waals surface area (Å²) in [7, 11) is 0. The Labute approximate surface area is 287 Å². The van der Waals surface area contributed by atoms with Crippen molar-refractivity contribution in [1.82, 2.24) is 19.5 Å². The highest BCUT2D eigenvalue weighted by Gasteiger charge is 2.68. The van der Waals surface area contributed by atoms with Gasteiger partial charge in [0.2, 0.25) is 11.7 Å². The molecule has 2 aromatic heterocycles. The third-order valence-corrected chi connectivity index (χ3v) is 12.1. The predicted octanol–water partition coefficient (Wildman–Crippen LogP) is -0.312. The number of H-pyrrole nitrogens is 1. The number of anilines is 1. The number of nitrogens with zero attached hydrogens (tertiary/aromatic N) is 3. The van der Waals surface area contributed by atoms with E-state index in [1.165, 1.54) is 17.8 Å². The van der Waals surface area contributed by atoms with Gasteiger partial charge in [-0.15, -0.1) is 0 Å². The van der Waals surface area contributed by atoms with Crippen LogP contribution in [-0.2, 0) is 23.9 Å². The lowest BCUT2D eigenvalue weighted by molar-refractivity contribution is -0.182. The molecule has 0 amide bonds. The van der Waals surface area contributed by atoms with Crippen LogP contribution < -0.4 is 11.3 Å². The summed E-state index contributed by atoms with van der Waals surface area (Å²) in [6.45, 7) is 6.49. The van der Waals surface area contributed by atoms with Gasteiger partial charge < -0.3 is 40.7 Å². The SMILES string of the molecule is CC(=O)OCC(=O)[C@@]1(O)CC[C@H]2[C@@H]3C[C@H](C)C4=CC(=O)C=C[C@]4(C)[C@H]3[C@@H](O)C[C@@]21C.Nc1nc2c(ncn2[C@@H]2O[C@H](CO)[C@@H](O)[C@H]2O)c(=O)[nH]1. The van der Waals surface area contributed by atoms with Crippen molar-refractivity contribution in [2.75, 3.05) is 18.9 Å². The molecule has 7 rings (SSSR count). The van der Waals surface area contributed by atoms with Gasteiger partial charge in [0.1, 0.15) is 23.9 Å².